The molecule has 4 nitrogen and oxygen atoms in total. The van der Waals surface area contributed by atoms with Gasteiger partial charge in [0.1, 0.15) is 0 Å². The third kappa shape index (κ3) is 3.15. The average molecular weight is 269 g/mol. The molecule has 0 bridgehead atoms. The second-order valence-electron chi connectivity index (χ2n) is 5.07. The zero-order valence-electron chi connectivity index (χ0n) is 12.3. The van der Waals surface area contributed by atoms with Crippen LogP contribution < -0.4 is 5.32 Å². The fraction of sp³-hybridized carbons (Fsp3) is 0.250. The van der Waals surface area contributed by atoms with Crippen molar-refractivity contribution in [2.24, 2.45) is 0 Å². The van der Waals surface area contributed by atoms with Crippen LogP contribution in [0.1, 0.15) is 25.2 Å². The number of nitrogens with zero attached hydrogens (tertiary/aromatic N) is 2. The van der Waals surface area contributed by atoms with Gasteiger partial charge in [0.25, 0.3) is 0 Å². The molecule has 0 atom stereocenters. The number of rotatable bonds is 3. The van der Waals surface area contributed by atoms with Gasteiger partial charge >= 0.3 is 0 Å². The van der Waals surface area contributed by atoms with Crippen LogP contribution in [0.4, 0.5) is 5.69 Å². The Hall–Kier alpha value is -2.36. The topological polar surface area (TPSA) is 46.9 Å². The van der Waals surface area contributed by atoms with Gasteiger partial charge < -0.3 is 5.32 Å². The Morgan fingerprint density at radius 3 is 2.55 bits per heavy atom. The molecule has 0 fully saturated rings. The Balaban J connectivity index is 2.39. The summed E-state index contributed by atoms with van der Waals surface area (Å²) in [4.78, 5) is 11.9. The number of hydrogen-bond donors (Lipinski definition) is 1. The minimum absolute atomic E-state index is 0.126. The van der Waals surface area contributed by atoms with Crippen molar-refractivity contribution in [1.29, 1.82) is 0 Å². The van der Waals surface area contributed by atoms with Crippen LogP contribution in [0, 0.1) is 13.8 Å². The molecule has 2 aromatic rings. The SMILES string of the molecule is CC(C)=CC(=O)Nc1ccccc1-n1nc(C)cc1C. The van der Waals surface area contributed by atoms with E-state index in [9.17, 15) is 4.79 Å². The second kappa shape index (κ2) is 5.74. The van der Waals surface area contributed by atoms with Gasteiger partial charge in [-0.25, -0.2) is 4.68 Å². The number of hydrogen-bond acceptors (Lipinski definition) is 2. The van der Waals surface area contributed by atoms with Crippen molar-refractivity contribution in [1.82, 2.24) is 9.78 Å². The maximum absolute atomic E-state index is 11.9. The zero-order chi connectivity index (χ0) is 14.7. The summed E-state index contributed by atoms with van der Waals surface area (Å²) in [5.74, 6) is -0.126. The summed E-state index contributed by atoms with van der Waals surface area (Å²) in [5, 5.41) is 7.36. The van der Waals surface area contributed by atoms with Crippen molar-refractivity contribution in [3.05, 3.63) is 53.4 Å². The van der Waals surface area contributed by atoms with E-state index in [1.54, 1.807) is 6.08 Å². The average Bonchev–Trinajstić information content (AvgIpc) is 2.68. The molecule has 1 aromatic heterocycles. The van der Waals surface area contributed by atoms with E-state index in [0.717, 1.165) is 28.3 Å². The molecular formula is C16H19N3O. The highest BCUT2D eigenvalue weighted by Gasteiger charge is 2.09. The number of benzene rings is 1. The van der Waals surface area contributed by atoms with Gasteiger partial charge in [0.15, 0.2) is 0 Å². The number of carbonyl (C=O) groups is 1. The van der Waals surface area contributed by atoms with E-state index in [1.165, 1.54) is 0 Å². The number of aromatic nitrogens is 2. The molecule has 0 saturated heterocycles. The minimum Gasteiger partial charge on any atom is -0.321 e. The van der Waals surface area contributed by atoms with E-state index in [1.807, 2.05) is 62.7 Å². The molecule has 0 aliphatic heterocycles. The maximum Gasteiger partial charge on any atom is 0.248 e. The molecule has 0 radical (unpaired) electrons. The zero-order valence-corrected chi connectivity index (χ0v) is 12.3. The standard InChI is InChI=1S/C16H19N3O/c1-11(2)9-16(20)17-14-7-5-6-8-15(14)19-13(4)10-12(3)18-19/h5-10H,1-4H3,(H,17,20). The molecule has 0 aliphatic carbocycles. The minimum atomic E-state index is -0.126. The van der Waals surface area contributed by atoms with Crippen LogP contribution in [0.25, 0.3) is 5.69 Å². The van der Waals surface area contributed by atoms with Crippen molar-refractivity contribution < 1.29 is 4.79 Å². The molecule has 2 rings (SSSR count). The number of allylic oxidation sites excluding steroid dienone is 1. The van der Waals surface area contributed by atoms with Gasteiger partial charge in [-0.1, -0.05) is 17.7 Å². The Kier molecular flexibility index (Phi) is 4.03. The molecule has 0 aliphatic rings. The number of aryl methyl sites for hydroxylation is 2. The molecule has 1 aromatic carbocycles. The first-order chi connectivity index (χ1) is 9.47. The Morgan fingerprint density at radius 1 is 1.25 bits per heavy atom. The third-order valence-corrected chi connectivity index (χ3v) is 2.82. The van der Waals surface area contributed by atoms with Crippen molar-refractivity contribution in [3.63, 3.8) is 0 Å². The van der Waals surface area contributed by atoms with Gasteiger partial charge in [-0.3, -0.25) is 4.79 Å². The molecule has 1 amide bonds. The number of anilines is 1. The van der Waals surface area contributed by atoms with Gasteiger partial charge in [0.2, 0.25) is 5.91 Å². The Bertz CT molecular complexity index is 664. The van der Waals surface area contributed by atoms with Gasteiger partial charge in [-0.05, 0) is 45.9 Å². The molecule has 104 valence electrons. The monoisotopic (exact) mass is 269 g/mol. The van der Waals surface area contributed by atoms with Crippen molar-refractivity contribution in [2.45, 2.75) is 27.7 Å². The Morgan fingerprint density at radius 2 is 1.95 bits per heavy atom. The quantitative estimate of drug-likeness (QED) is 0.868. The first-order valence-corrected chi connectivity index (χ1v) is 6.56. The number of nitrogens with one attached hydrogen (secondary N) is 1. The van der Waals surface area contributed by atoms with Gasteiger partial charge in [0, 0.05) is 11.8 Å². The number of carbonyl (C=O) groups excluding carboxylic acids is 1. The summed E-state index contributed by atoms with van der Waals surface area (Å²) in [7, 11) is 0. The first-order valence-electron chi connectivity index (χ1n) is 6.56. The largest absolute Gasteiger partial charge is 0.321 e. The summed E-state index contributed by atoms with van der Waals surface area (Å²) in [6.45, 7) is 7.74. The number of para-hydroxylation sites is 2. The van der Waals surface area contributed by atoms with Crippen LogP contribution in [0.2, 0.25) is 0 Å². The predicted molar refractivity (Wildman–Crippen MR) is 81.1 cm³/mol. The molecule has 0 spiro atoms. The lowest BCUT2D eigenvalue weighted by atomic mass is 10.2. The molecule has 20 heavy (non-hydrogen) atoms. The van der Waals surface area contributed by atoms with Gasteiger partial charge in [-0.15, -0.1) is 0 Å². The van der Waals surface area contributed by atoms with Gasteiger partial charge in [-0.2, -0.15) is 5.10 Å². The fourth-order valence-electron chi connectivity index (χ4n) is 2.07. The van der Waals surface area contributed by atoms with Crippen LogP contribution >= 0.6 is 0 Å². The van der Waals surface area contributed by atoms with Crippen LogP contribution in [0.5, 0.6) is 0 Å². The maximum atomic E-state index is 11.9. The first kappa shape index (κ1) is 14.1. The van der Waals surface area contributed by atoms with Crippen molar-refractivity contribution in [3.8, 4) is 5.69 Å². The third-order valence-electron chi connectivity index (χ3n) is 2.82. The van der Waals surface area contributed by atoms with E-state index < -0.39 is 0 Å². The lowest BCUT2D eigenvalue weighted by molar-refractivity contribution is -0.111. The summed E-state index contributed by atoms with van der Waals surface area (Å²) in [6.07, 6.45) is 1.58. The smallest absolute Gasteiger partial charge is 0.248 e. The predicted octanol–water partition coefficient (Wildman–Crippen LogP) is 3.39. The molecule has 0 unspecified atom stereocenters. The molecule has 0 saturated carbocycles. The summed E-state index contributed by atoms with van der Waals surface area (Å²) >= 11 is 0. The van der Waals surface area contributed by atoms with E-state index >= 15 is 0 Å². The highest BCUT2D eigenvalue weighted by atomic mass is 16.1. The van der Waals surface area contributed by atoms with E-state index in [-0.39, 0.29) is 5.91 Å². The van der Waals surface area contributed by atoms with Crippen molar-refractivity contribution in [2.75, 3.05) is 5.32 Å². The molecule has 1 heterocycles. The van der Waals surface area contributed by atoms with Crippen LogP contribution in [0.15, 0.2) is 42.0 Å². The molecular weight excluding hydrogens is 250 g/mol. The van der Waals surface area contributed by atoms with E-state index in [2.05, 4.69) is 10.4 Å². The van der Waals surface area contributed by atoms with E-state index in [4.69, 9.17) is 0 Å². The fourth-order valence-corrected chi connectivity index (χ4v) is 2.07. The highest BCUT2D eigenvalue weighted by Crippen LogP contribution is 2.21. The van der Waals surface area contributed by atoms with Crippen LogP contribution in [-0.2, 0) is 4.79 Å². The molecule has 1 N–H and O–H groups in total. The normalized spacial score (nSPS) is 10.2. The van der Waals surface area contributed by atoms with Crippen molar-refractivity contribution >= 4 is 11.6 Å². The Labute approximate surface area is 119 Å². The summed E-state index contributed by atoms with van der Waals surface area (Å²) in [6, 6.07) is 9.66. The molecule has 4 heteroatoms. The second-order valence-corrected chi connectivity index (χ2v) is 5.07. The highest BCUT2D eigenvalue weighted by molar-refractivity contribution is 6.00. The lowest BCUT2D eigenvalue weighted by Crippen LogP contribution is -2.12. The summed E-state index contributed by atoms with van der Waals surface area (Å²) in [5.41, 5.74) is 4.57. The lowest BCUT2D eigenvalue weighted by Gasteiger charge is -2.11. The summed E-state index contributed by atoms with van der Waals surface area (Å²) < 4.78 is 1.84. The van der Waals surface area contributed by atoms with Gasteiger partial charge in [0.05, 0.1) is 17.1 Å². The van der Waals surface area contributed by atoms with E-state index in [0.29, 0.717) is 0 Å². The van der Waals surface area contributed by atoms with Crippen LogP contribution in [0.3, 0.4) is 0 Å². The number of amides is 1. The van der Waals surface area contributed by atoms with Crippen LogP contribution in [-0.4, -0.2) is 15.7 Å².